The molecule has 0 radical (unpaired) electrons. The number of fused-ring (bicyclic) bond motifs is 1. The van der Waals surface area contributed by atoms with Gasteiger partial charge in [0, 0.05) is 13.1 Å². The number of aromatic nitrogens is 2. The fraction of sp³-hybridized carbons (Fsp3) is 0.562. The van der Waals surface area contributed by atoms with Gasteiger partial charge in [0.25, 0.3) is 5.91 Å². The maximum Gasteiger partial charge on any atom is 0.264 e. The third kappa shape index (κ3) is 2.35. The van der Waals surface area contributed by atoms with Gasteiger partial charge >= 0.3 is 0 Å². The van der Waals surface area contributed by atoms with Crippen molar-refractivity contribution >= 4 is 17.2 Å². The predicted octanol–water partition coefficient (Wildman–Crippen LogP) is 2.95. The Hall–Kier alpha value is -1.69. The molecule has 0 saturated carbocycles. The zero-order valence-corrected chi connectivity index (χ0v) is 13.5. The normalized spacial score (nSPS) is 21.1. The van der Waals surface area contributed by atoms with Crippen LogP contribution < -0.4 is 0 Å². The second kappa shape index (κ2) is 5.50. The van der Waals surface area contributed by atoms with Crippen LogP contribution in [0.25, 0.3) is 0 Å². The molecule has 1 atom stereocenters. The minimum absolute atomic E-state index is 0.181. The molecule has 0 spiro atoms. The van der Waals surface area contributed by atoms with Crippen molar-refractivity contribution < 1.29 is 9.32 Å². The molecule has 1 amide bonds. The summed E-state index contributed by atoms with van der Waals surface area (Å²) in [6.07, 6.45) is 5.54. The molecule has 3 heterocycles. The fourth-order valence-electron chi connectivity index (χ4n) is 3.47. The van der Waals surface area contributed by atoms with Gasteiger partial charge < -0.3 is 9.42 Å². The Kier molecular flexibility index (Phi) is 3.48. The molecule has 1 aliphatic carbocycles. The summed E-state index contributed by atoms with van der Waals surface area (Å²) < 4.78 is 5.26. The van der Waals surface area contributed by atoms with Crippen LogP contribution in [0.5, 0.6) is 0 Å². The SMILES string of the molecule is Cc1noc([C@@H]2CCN(C(=O)c3scc4c3CCCC4)C2)n1. The Morgan fingerprint density at radius 1 is 1.41 bits per heavy atom. The summed E-state index contributed by atoms with van der Waals surface area (Å²) in [5, 5.41) is 6.03. The third-order valence-corrected chi connectivity index (χ3v) is 5.72. The number of rotatable bonds is 2. The third-order valence-electron chi connectivity index (χ3n) is 4.67. The van der Waals surface area contributed by atoms with E-state index < -0.39 is 0 Å². The van der Waals surface area contributed by atoms with Gasteiger partial charge in [-0.1, -0.05) is 5.16 Å². The largest absolute Gasteiger partial charge is 0.339 e. The Balaban J connectivity index is 1.51. The number of amides is 1. The van der Waals surface area contributed by atoms with Crippen LogP contribution in [0.15, 0.2) is 9.90 Å². The van der Waals surface area contributed by atoms with E-state index in [-0.39, 0.29) is 11.8 Å². The Morgan fingerprint density at radius 2 is 2.27 bits per heavy atom. The van der Waals surface area contributed by atoms with E-state index in [2.05, 4.69) is 15.5 Å². The second-order valence-electron chi connectivity index (χ2n) is 6.19. The van der Waals surface area contributed by atoms with Crippen LogP contribution in [-0.4, -0.2) is 34.0 Å². The molecule has 0 N–H and O–H groups in total. The van der Waals surface area contributed by atoms with E-state index in [4.69, 9.17) is 4.52 Å². The monoisotopic (exact) mass is 317 g/mol. The van der Waals surface area contributed by atoms with Gasteiger partial charge in [0.15, 0.2) is 5.82 Å². The summed E-state index contributed by atoms with van der Waals surface area (Å²) in [5.41, 5.74) is 2.70. The molecule has 2 aliphatic rings. The second-order valence-corrected chi connectivity index (χ2v) is 7.07. The summed E-state index contributed by atoms with van der Waals surface area (Å²) in [4.78, 5) is 20.0. The molecule has 6 heteroatoms. The van der Waals surface area contributed by atoms with E-state index in [0.717, 1.165) is 30.7 Å². The highest BCUT2D eigenvalue weighted by Crippen LogP contribution is 2.33. The van der Waals surface area contributed by atoms with Gasteiger partial charge in [0.1, 0.15) is 0 Å². The van der Waals surface area contributed by atoms with E-state index in [0.29, 0.717) is 18.3 Å². The van der Waals surface area contributed by atoms with Gasteiger partial charge in [-0.05, 0) is 55.5 Å². The topological polar surface area (TPSA) is 59.2 Å². The van der Waals surface area contributed by atoms with E-state index in [1.807, 2.05) is 11.8 Å². The van der Waals surface area contributed by atoms with Gasteiger partial charge in [-0.3, -0.25) is 4.79 Å². The first kappa shape index (κ1) is 13.9. The number of nitrogens with zero attached hydrogens (tertiary/aromatic N) is 3. The van der Waals surface area contributed by atoms with Gasteiger partial charge in [-0.2, -0.15) is 4.98 Å². The highest BCUT2D eigenvalue weighted by molar-refractivity contribution is 7.12. The van der Waals surface area contributed by atoms with Crippen LogP contribution in [0.1, 0.15) is 57.7 Å². The van der Waals surface area contributed by atoms with Crippen LogP contribution in [0.2, 0.25) is 0 Å². The van der Waals surface area contributed by atoms with Gasteiger partial charge in [0.2, 0.25) is 5.89 Å². The highest BCUT2D eigenvalue weighted by Gasteiger charge is 2.33. The molecule has 5 nitrogen and oxygen atoms in total. The molecule has 116 valence electrons. The van der Waals surface area contributed by atoms with Crippen molar-refractivity contribution in [3.8, 4) is 0 Å². The first-order valence-corrected chi connectivity index (χ1v) is 8.79. The van der Waals surface area contributed by atoms with Crippen LogP contribution in [0, 0.1) is 6.92 Å². The van der Waals surface area contributed by atoms with Crippen molar-refractivity contribution in [3.05, 3.63) is 33.1 Å². The zero-order valence-electron chi connectivity index (χ0n) is 12.7. The minimum Gasteiger partial charge on any atom is -0.339 e. The van der Waals surface area contributed by atoms with Crippen molar-refractivity contribution in [1.82, 2.24) is 15.0 Å². The molecular weight excluding hydrogens is 298 g/mol. The summed E-state index contributed by atoms with van der Waals surface area (Å²) >= 11 is 1.62. The minimum atomic E-state index is 0.181. The van der Waals surface area contributed by atoms with E-state index >= 15 is 0 Å². The number of hydrogen-bond donors (Lipinski definition) is 0. The molecule has 1 fully saturated rings. The number of carbonyl (C=O) groups is 1. The average Bonchev–Trinajstić information content (AvgIpc) is 3.25. The molecule has 22 heavy (non-hydrogen) atoms. The van der Waals surface area contributed by atoms with Gasteiger partial charge in [0.05, 0.1) is 10.8 Å². The lowest BCUT2D eigenvalue weighted by molar-refractivity contribution is 0.0793. The summed E-state index contributed by atoms with van der Waals surface area (Å²) in [6, 6.07) is 0. The fourth-order valence-corrected chi connectivity index (χ4v) is 4.59. The standard InChI is InChI=1S/C16H19N3O2S/c1-10-17-15(21-18-10)11-6-7-19(8-11)16(20)14-13-5-3-2-4-12(13)9-22-14/h9,11H,2-8H2,1H3/t11-/m1/s1. The lowest BCUT2D eigenvalue weighted by Gasteiger charge is -2.18. The van der Waals surface area contributed by atoms with Gasteiger partial charge in [-0.25, -0.2) is 0 Å². The number of likely N-dealkylation sites (tertiary alicyclic amines) is 1. The molecule has 1 saturated heterocycles. The van der Waals surface area contributed by atoms with Crippen molar-refractivity contribution in [3.63, 3.8) is 0 Å². The smallest absolute Gasteiger partial charge is 0.264 e. The summed E-state index contributed by atoms with van der Waals surface area (Å²) in [5.74, 6) is 1.70. The predicted molar refractivity (Wildman–Crippen MR) is 83.3 cm³/mol. The Bertz CT molecular complexity index is 706. The Morgan fingerprint density at radius 3 is 3.09 bits per heavy atom. The molecule has 0 aromatic carbocycles. The molecule has 0 bridgehead atoms. The zero-order chi connectivity index (χ0) is 15.1. The molecule has 4 rings (SSSR count). The number of carbonyl (C=O) groups excluding carboxylic acids is 1. The van der Waals surface area contributed by atoms with E-state index in [9.17, 15) is 4.79 Å². The van der Waals surface area contributed by atoms with Crippen LogP contribution >= 0.6 is 11.3 Å². The molecule has 2 aromatic rings. The average molecular weight is 317 g/mol. The Labute approximate surface area is 133 Å². The van der Waals surface area contributed by atoms with E-state index in [1.54, 1.807) is 11.3 Å². The first-order valence-electron chi connectivity index (χ1n) is 7.91. The summed E-state index contributed by atoms with van der Waals surface area (Å²) in [6.45, 7) is 3.29. The maximum atomic E-state index is 12.8. The molecular formula is C16H19N3O2S. The van der Waals surface area contributed by atoms with Crippen LogP contribution in [-0.2, 0) is 12.8 Å². The maximum absolute atomic E-state index is 12.8. The van der Waals surface area contributed by atoms with Crippen LogP contribution in [0.4, 0.5) is 0 Å². The lowest BCUT2D eigenvalue weighted by atomic mass is 9.94. The number of thiophene rings is 1. The van der Waals surface area contributed by atoms with E-state index in [1.165, 1.54) is 24.0 Å². The molecule has 0 unspecified atom stereocenters. The van der Waals surface area contributed by atoms with Crippen molar-refractivity contribution in [2.45, 2.75) is 44.9 Å². The number of hydrogen-bond acceptors (Lipinski definition) is 5. The lowest BCUT2D eigenvalue weighted by Crippen LogP contribution is -2.28. The molecule has 1 aliphatic heterocycles. The quantitative estimate of drug-likeness (QED) is 0.854. The van der Waals surface area contributed by atoms with Crippen molar-refractivity contribution in [2.75, 3.05) is 13.1 Å². The van der Waals surface area contributed by atoms with Crippen LogP contribution in [0.3, 0.4) is 0 Å². The first-order chi connectivity index (χ1) is 10.7. The highest BCUT2D eigenvalue weighted by atomic mass is 32.1. The summed E-state index contributed by atoms with van der Waals surface area (Å²) in [7, 11) is 0. The van der Waals surface area contributed by atoms with Crippen molar-refractivity contribution in [1.29, 1.82) is 0 Å². The molecule has 2 aromatic heterocycles. The van der Waals surface area contributed by atoms with Gasteiger partial charge in [-0.15, -0.1) is 11.3 Å². The van der Waals surface area contributed by atoms with Crippen molar-refractivity contribution in [2.24, 2.45) is 0 Å². The number of aryl methyl sites for hydroxylation is 2.